The molecule has 4 heteroatoms. The van der Waals surface area contributed by atoms with E-state index in [1.807, 2.05) is 68.4 Å². The van der Waals surface area contributed by atoms with Crippen molar-refractivity contribution in [1.82, 2.24) is 0 Å². The van der Waals surface area contributed by atoms with Crippen LogP contribution in [0.5, 0.6) is 5.75 Å². The fourth-order valence-electron chi connectivity index (χ4n) is 1.80. The molecular formula is C16H19N3O. The molecule has 0 radical (unpaired) electrons. The summed E-state index contributed by atoms with van der Waals surface area (Å²) < 4.78 is 5.30. The highest BCUT2D eigenvalue weighted by molar-refractivity contribution is 5.54. The number of rotatable bonds is 4. The number of anilines is 1. The molecule has 0 atom stereocenters. The van der Waals surface area contributed by atoms with Gasteiger partial charge in [0.05, 0.1) is 12.8 Å². The number of methoxy groups -OCH3 is 1. The molecule has 104 valence electrons. The zero-order chi connectivity index (χ0) is 14.5. The Kier molecular flexibility index (Phi) is 4.35. The third-order valence-corrected chi connectivity index (χ3v) is 2.97. The van der Waals surface area contributed by atoms with Gasteiger partial charge in [-0.05, 0) is 48.9 Å². The van der Waals surface area contributed by atoms with E-state index in [0.717, 1.165) is 28.4 Å². The third kappa shape index (κ3) is 3.35. The molecule has 0 amide bonds. The first kappa shape index (κ1) is 14.1. The molecule has 0 N–H and O–H groups in total. The van der Waals surface area contributed by atoms with E-state index in [2.05, 4.69) is 10.2 Å². The quantitative estimate of drug-likeness (QED) is 0.767. The lowest BCUT2D eigenvalue weighted by atomic mass is 10.2. The van der Waals surface area contributed by atoms with Crippen molar-refractivity contribution in [2.45, 2.75) is 6.92 Å². The number of ether oxygens (including phenoxy) is 1. The Morgan fingerprint density at radius 1 is 0.950 bits per heavy atom. The Morgan fingerprint density at radius 2 is 1.65 bits per heavy atom. The van der Waals surface area contributed by atoms with Crippen molar-refractivity contribution < 1.29 is 4.74 Å². The van der Waals surface area contributed by atoms with Gasteiger partial charge in [-0.2, -0.15) is 5.11 Å². The van der Waals surface area contributed by atoms with Gasteiger partial charge in [-0.25, -0.2) is 0 Å². The third-order valence-electron chi connectivity index (χ3n) is 2.97. The molecule has 0 bridgehead atoms. The molecule has 0 aliphatic carbocycles. The van der Waals surface area contributed by atoms with Crippen LogP contribution in [0.2, 0.25) is 0 Å². The maximum atomic E-state index is 5.30. The summed E-state index contributed by atoms with van der Waals surface area (Å²) in [5.41, 5.74) is 3.82. The van der Waals surface area contributed by atoms with Crippen LogP contribution in [0.25, 0.3) is 0 Å². The van der Waals surface area contributed by atoms with E-state index in [-0.39, 0.29) is 0 Å². The standard InChI is InChI=1S/C16H19N3O/c1-12-5-10-15(16(11-12)20-4)18-17-13-6-8-14(9-7-13)19(2)3/h5-11H,1-4H3. The Labute approximate surface area is 119 Å². The first-order valence-electron chi connectivity index (χ1n) is 6.44. The van der Waals surface area contributed by atoms with Gasteiger partial charge in [-0.3, -0.25) is 0 Å². The van der Waals surface area contributed by atoms with E-state index in [1.54, 1.807) is 7.11 Å². The number of aryl methyl sites for hydroxylation is 1. The van der Waals surface area contributed by atoms with E-state index in [1.165, 1.54) is 0 Å². The maximum Gasteiger partial charge on any atom is 0.146 e. The highest BCUT2D eigenvalue weighted by Gasteiger charge is 2.01. The van der Waals surface area contributed by atoms with E-state index in [0.29, 0.717) is 0 Å². The molecule has 2 rings (SSSR count). The molecule has 0 aromatic heterocycles. The van der Waals surface area contributed by atoms with Gasteiger partial charge in [0, 0.05) is 19.8 Å². The van der Waals surface area contributed by atoms with Crippen LogP contribution in [0.1, 0.15) is 5.56 Å². The highest BCUT2D eigenvalue weighted by atomic mass is 16.5. The van der Waals surface area contributed by atoms with Gasteiger partial charge in [0.1, 0.15) is 11.4 Å². The van der Waals surface area contributed by atoms with E-state index >= 15 is 0 Å². The molecule has 0 fully saturated rings. The molecule has 20 heavy (non-hydrogen) atoms. The Hall–Kier alpha value is -2.36. The maximum absolute atomic E-state index is 5.30. The minimum absolute atomic E-state index is 0.731. The number of hydrogen-bond acceptors (Lipinski definition) is 4. The Morgan fingerprint density at radius 3 is 2.25 bits per heavy atom. The topological polar surface area (TPSA) is 37.2 Å². The van der Waals surface area contributed by atoms with Crippen molar-refractivity contribution in [2.24, 2.45) is 10.2 Å². The van der Waals surface area contributed by atoms with Gasteiger partial charge >= 0.3 is 0 Å². The highest BCUT2D eigenvalue weighted by Crippen LogP contribution is 2.30. The molecule has 0 heterocycles. The normalized spacial score (nSPS) is 10.8. The molecule has 0 unspecified atom stereocenters. The zero-order valence-electron chi connectivity index (χ0n) is 12.3. The molecule has 0 saturated heterocycles. The lowest BCUT2D eigenvalue weighted by Crippen LogP contribution is -2.07. The average molecular weight is 269 g/mol. The molecule has 2 aromatic carbocycles. The predicted octanol–water partition coefficient (Wildman–Crippen LogP) is 4.49. The lowest BCUT2D eigenvalue weighted by molar-refractivity contribution is 0.415. The van der Waals surface area contributed by atoms with E-state index in [9.17, 15) is 0 Å². The predicted molar refractivity (Wildman–Crippen MR) is 82.7 cm³/mol. The second kappa shape index (κ2) is 6.19. The Bertz CT molecular complexity index is 604. The van der Waals surface area contributed by atoms with Crippen LogP contribution in [0.15, 0.2) is 52.7 Å². The summed E-state index contributed by atoms with van der Waals surface area (Å²) in [4.78, 5) is 2.05. The second-order valence-corrected chi connectivity index (χ2v) is 4.79. The fraction of sp³-hybridized carbons (Fsp3) is 0.250. The van der Waals surface area contributed by atoms with Gasteiger partial charge in [-0.15, -0.1) is 5.11 Å². The van der Waals surface area contributed by atoms with Crippen molar-refractivity contribution in [2.75, 3.05) is 26.1 Å². The lowest BCUT2D eigenvalue weighted by Gasteiger charge is -2.11. The zero-order valence-corrected chi connectivity index (χ0v) is 12.3. The average Bonchev–Trinajstić information content (AvgIpc) is 2.46. The number of benzene rings is 2. The molecule has 0 spiro atoms. The van der Waals surface area contributed by atoms with Gasteiger partial charge in [0.15, 0.2) is 0 Å². The molecule has 0 aliphatic heterocycles. The van der Waals surface area contributed by atoms with Crippen LogP contribution in [-0.2, 0) is 0 Å². The summed E-state index contributed by atoms with van der Waals surface area (Å²) in [6.07, 6.45) is 0. The van der Waals surface area contributed by atoms with Crippen molar-refractivity contribution >= 4 is 17.1 Å². The monoisotopic (exact) mass is 269 g/mol. The van der Waals surface area contributed by atoms with Crippen LogP contribution in [-0.4, -0.2) is 21.2 Å². The molecule has 4 nitrogen and oxygen atoms in total. The van der Waals surface area contributed by atoms with Gasteiger partial charge in [0.2, 0.25) is 0 Å². The SMILES string of the molecule is COc1cc(C)ccc1N=Nc1ccc(N(C)C)cc1. The van der Waals surface area contributed by atoms with Crippen molar-refractivity contribution in [3.05, 3.63) is 48.0 Å². The fourth-order valence-corrected chi connectivity index (χ4v) is 1.80. The summed E-state index contributed by atoms with van der Waals surface area (Å²) in [5.74, 6) is 0.735. The number of hydrogen-bond donors (Lipinski definition) is 0. The minimum atomic E-state index is 0.731. The summed E-state index contributed by atoms with van der Waals surface area (Å²) in [6, 6.07) is 13.8. The first-order valence-corrected chi connectivity index (χ1v) is 6.44. The van der Waals surface area contributed by atoms with Gasteiger partial charge in [0.25, 0.3) is 0 Å². The number of nitrogens with zero attached hydrogens (tertiary/aromatic N) is 3. The number of azo groups is 1. The summed E-state index contributed by atoms with van der Waals surface area (Å²) in [5, 5.41) is 8.49. The van der Waals surface area contributed by atoms with Crippen LogP contribution < -0.4 is 9.64 Å². The van der Waals surface area contributed by atoms with Crippen LogP contribution in [0.3, 0.4) is 0 Å². The van der Waals surface area contributed by atoms with Crippen molar-refractivity contribution in [3.63, 3.8) is 0 Å². The van der Waals surface area contributed by atoms with Crippen molar-refractivity contribution in [1.29, 1.82) is 0 Å². The molecule has 0 aliphatic rings. The first-order chi connectivity index (χ1) is 9.60. The Balaban J connectivity index is 2.20. The van der Waals surface area contributed by atoms with Gasteiger partial charge in [-0.1, -0.05) is 6.07 Å². The van der Waals surface area contributed by atoms with Crippen LogP contribution in [0.4, 0.5) is 17.1 Å². The minimum Gasteiger partial charge on any atom is -0.494 e. The van der Waals surface area contributed by atoms with Gasteiger partial charge < -0.3 is 9.64 Å². The van der Waals surface area contributed by atoms with Crippen LogP contribution >= 0.6 is 0 Å². The summed E-state index contributed by atoms with van der Waals surface area (Å²) in [7, 11) is 5.65. The summed E-state index contributed by atoms with van der Waals surface area (Å²) in [6.45, 7) is 2.02. The smallest absolute Gasteiger partial charge is 0.146 e. The van der Waals surface area contributed by atoms with E-state index < -0.39 is 0 Å². The summed E-state index contributed by atoms with van der Waals surface area (Å²) >= 11 is 0. The molecule has 0 saturated carbocycles. The molecular weight excluding hydrogens is 250 g/mol. The second-order valence-electron chi connectivity index (χ2n) is 4.79. The largest absolute Gasteiger partial charge is 0.494 e. The van der Waals surface area contributed by atoms with E-state index in [4.69, 9.17) is 4.74 Å². The molecule has 2 aromatic rings. The van der Waals surface area contributed by atoms with Crippen LogP contribution in [0, 0.1) is 6.92 Å². The van der Waals surface area contributed by atoms with Crippen molar-refractivity contribution in [3.8, 4) is 5.75 Å².